The van der Waals surface area contributed by atoms with E-state index in [-0.39, 0.29) is 23.3 Å². The number of sulfonamides is 1. The summed E-state index contributed by atoms with van der Waals surface area (Å²) in [5, 5.41) is 9.11. The van der Waals surface area contributed by atoms with Gasteiger partial charge in [0.2, 0.25) is 10.0 Å². The number of rotatable bonds is 3. The summed E-state index contributed by atoms with van der Waals surface area (Å²) in [5.41, 5.74) is -1.29. The Balaban J connectivity index is 2.32. The average Bonchev–Trinajstić information content (AvgIpc) is 2.25. The van der Waals surface area contributed by atoms with E-state index < -0.39 is 33.9 Å². The summed E-state index contributed by atoms with van der Waals surface area (Å²) in [6.45, 7) is 1.13. The van der Waals surface area contributed by atoms with Crippen molar-refractivity contribution < 1.29 is 26.7 Å². The summed E-state index contributed by atoms with van der Waals surface area (Å²) in [6.07, 6.45) is -4.60. The van der Waals surface area contributed by atoms with Gasteiger partial charge in [-0.15, -0.1) is 0 Å². The molecule has 0 amide bonds. The minimum atomic E-state index is -4.59. The van der Waals surface area contributed by atoms with E-state index in [4.69, 9.17) is 5.11 Å². The second kappa shape index (κ2) is 5.01. The molecule has 0 spiro atoms. The molecule has 0 heterocycles. The minimum Gasteiger partial charge on any atom is -0.393 e. The molecule has 0 aromatic heterocycles. The molecule has 2 N–H and O–H groups in total. The number of halogens is 3. The first kappa shape index (κ1) is 15.3. The van der Waals surface area contributed by atoms with Gasteiger partial charge in [0.25, 0.3) is 0 Å². The van der Waals surface area contributed by atoms with Crippen molar-refractivity contribution in [2.24, 2.45) is 0 Å². The number of benzene rings is 1. The Morgan fingerprint density at radius 2 is 1.90 bits per heavy atom. The van der Waals surface area contributed by atoms with Gasteiger partial charge in [0.15, 0.2) is 0 Å². The largest absolute Gasteiger partial charge is 0.416 e. The zero-order valence-corrected chi connectivity index (χ0v) is 11.4. The van der Waals surface area contributed by atoms with Gasteiger partial charge in [0.1, 0.15) is 0 Å². The molecule has 0 radical (unpaired) electrons. The van der Waals surface area contributed by atoms with Crippen molar-refractivity contribution in [1.29, 1.82) is 0 Å². The van der Waals surface area contributed by atoms with Crippen LogP contribution in [0.3, 0.4) is 0 Å². The van der Waals surface area contributed by atoms with E-state index >= 15 is 0 Å². The van der Waals surface area contributed by atoms with Gasteiger partial charge in [-0.05, 0) is 37.5 Å². The maximum absolute atomic E-state index is 12.8. The van der Waals surface area contributed by atoms with E-state index in [9.17, 15) is 21.6 Å². The molecule has 1 aromatic carbocycles. The number of aliphatic hydroxyl groups excluding tert-OH is 1. The molecule has 8 heteroatoms. The molecule has 0 unspecified atom stereocenters. The lowest BCUT2D eigenvalue weighted by Crippen LogP contribution is -2.46. The normalized spacial score (nSPS) is 23.4. The molecule has 0 atom stereocenters. The van der Waals surface area contributed by atoms with E-state index in [0.717, 1.165) is 25.1 Å². The summed E-state index contributed by atoms with van der Waals surface area (Å²) < 4.78 is 64.7. The van der Waals surface area contributed by atoms with Crippen molar-refractivity contribution in [3.05, 3.63) is 29.3 Å². The smallest absolute Gasteiger partial charge is 0.393 e. The highest BCUT2D eigenvalue weighted by atomic mass is 32.2. The summed E-state index contributed by atoms with van der Waals surface area (Å²) in [4.78, 5) is -0.381. The molecule has 1 aliphatic rings. The standard InChI is InChI=1S/C12H14F3NO3S/c1-7-10(12(13,14)15)3-2-4-11(7)20(18,19)16-8-5-9(17)6-8/h2-4,8-9,16-17H,5-6H2,1H3. The minimum absolute atomic E-state index is 0.275. The molecule has 2 rings (SSSR count). The van der Waals surface area contributed by atoms with Crippen molar-refractivity contribution in [3.8, 4) is 0 Å². The predicted octanol–water partition coefficient (Wildman–Crippen LogP) is 1.82. The van der Waals surface area contributed by atoms with Gasteiger partial charge in [-0.3, -0.25) is 0 Å². The van der Waals surface area contributed by atoms with Gasteiger partial charge in [0, 0.05) is 6.04 Å². The predicted molar refractivity (Wildman–Crippen MR) is 65.5 cm³/mol. The lowest BCUT2D eigenvalue weighted by molar-refractivity contribution is -0.138. The van der Waals surface area contributed by atoms with E-state index in [0.29, 0.717) is 0 Å². The lowest BCUT2D eigenvalue weighted by atomic mass is 9.91. The number of alkyl halides is 3. The molecular weight excluding hydrogens is 295 g/mol. The molecular formula is C12H14F3NO3S. The van der Waals surface area contributed by atoms with Crippen LogP contribution < -0.4 is 4.72 Å². The van der Waals surface area contributed by atoms with Gasteiger partial charge in [0.05, 0.1) is 16.6 Å². The van der Waals surface area contributed by atoms with E-state index in [2.05, 4.69) is 4.72 Å². The number of hydrogen-bond acceptors (Lipinski definition) is 3. The first-order chi connectivity index (χ1) is 9.11. The van der Waals surface area contributed by atoms with Gasteiger partial charge in [-0.1, -0.05) is 6.07 Å². The Morgan fingerprint density at radius 1 is 1.30 bits per heavy atom. The SMILES string of the molecule is Cc1c(C(F)(F)F)cccc1S(=O)(=O)NC1CC(O)C1. The van der Waals surface area contributed by atoms with Crippen LogP contribution in [-0.2, 0) is 16.2 Å². The van der Waals surface area contributed by atoms with Crippen LogP contribution in [0.2, 0.25) is 0 Å². The Labute approximate surface area is 114 Å². The Bertz CT molecular complexity index is 607. The number of nitrogens with one attached hydrogen (secondary N) is 1. The maximum atomic E-state index is 12.8. The molecule has 1 aliphatic carbocycles. The molecule has 0 aliphatic heterocycles. The van der Waals surface area contributed by atoms with Crippen LogP contribution in [0.5, 0.6) is 0 Å². The third kappa shape index (κ3) is 2.97. The van der Waals surface area contributed by atoms with Crippen molar-refractivity contribution in [1.82, 2.24) is 4.72 Å². The van der Waals surface area contributed by atoms with Gasteiger partial charge in [-0.25, -0.2) is 13.1 Å². The average molecular weight is 309 g/mol. The number of aliphatic hydroxyl groups is 1. The van der Waals surface area contributed by atoms with Crippen LogP contribution in [0.4, 0.5) is 13.2 Å². The highest BCUT2D eigenvalue weighted by molar-refractivity contribution is 7.89. The topological polar surface area (TPSA) is 66.4 Å². The fraction of sp³-hybridized carbons (Fsp3) is 0.500. The quantitative estimate of drug-likeness (QED) is 0.895. The Kier molecular flexibility index (Phi) is 3.83. The van der Waals surface area contributed by atoms with Crippen molar-refractivity contribution in [2.75, 3.05) is 0 Å². The monoisotopic (exact) mass is 309 g/mol. The van der Waals surface area contributed by atoms with E-state index in [1.165, 1.54) is 0 Å². The molecule has 112 valence electrons. The summed E-state index contributed by atoms with van der Waals surface area (Å²) in [7, 11) is -4.02. The van der Waals surface area contributed by atoms with Crippen LogP contribution in [0.15, 0.2) is 23.1 Å². The summed E-state index contributed by atoms with van der Waals surface area (Å²) in [6, 6.07) is 2.63. The maximum Gasteiger partial charge on any atom is 0.416 e. The Morgan fingerprint density at radius 3 is 2.40 bits per heavy atom. The highest BCUT2D eigenvalue weighted by Gasteiger charge is 2.36. The fourth-order valence-corrected chi connectivity index (χ4v) is 3.71. The molecule has 4 nitrogen and oxygen atoms in total. The Hall–Kier alpha value is -1.12. The second-order valence-electron chi connectivity index (χ2n) is 4.87. The van der Waals surface area contributed by atoms with Crippen molar-refractivity contribution in [3.63, 3.8) is 0 Å². The highest BCUT2D eigenvalue weighted by Crippen LogP contribution is 2.34. The van der Waals surface area contributed by atoms with Gasteiger partial charge in [-0.2, -0.15) is 13.2 Å². The van der Waals surface area contributed by atoms with E-state index in [1.807, 2.05) is 0 Å². The van der Waals surface area contributed by atoms with Crippen LogP contribution in [0.1, 0.15) is 24.0 Å². The molecule has 0 bridgehead atoms. The third-order valence-electron chi connectivity index (χ3n) is 3.31. The third-order valence-corrected chi connectivity index (χ3v) is 4.98. The summed E-state index contributed by atoms with van der Waals surface area (Å²) in [5.74, 6) is 0. The molecule has 1 aromatic rings. The first-order valence-corrected chi connectivity index (χ1v) is 7.47. The molecule has 1 fully saturated rings. The first-order valence-electron chi connectivity index (χ1n) is 5.98. The van der Waals surface area contributed by atoms with Crippen LogP contribution in [0, 0.1) is 6.92 Å². The van der Waals surface area contributed by atoms with Crippen molar-refractivity contribution in [2.45, 2.75) is 43.0 Å². The van der Waals surface area contributed by atoms with Crippen LogP contribution in [0.25, 0.3) is 0 Å². The van der Waals surface area contributed by atoms with Gasteiger partial charge < -0.3 is 5.11 Å². The van der Waals surface area contributed by atoms with Crippen LogP contribution in [-0.4, -0.2) is 25.7 Å². The van der Waals surface area contributed by atoms with Crippen molar-refractivity contribution >= 4 is 10.0 Å². The molecule has 20 heavy (non-hydrogen) atoms. The fourth-order valence-electron chi connectivity index (χ4n) is 2.18. The zero-order chi connectivity index (χ0) is 15.1. The summed E-state index contributed by atoms with van der Waals surface area (Å²) >= 11 is 0. The van der Waals surface area contributed by atoms with Gasteiger partial charge >= 0.3 is 6.18 Å². The zero-order valence-electron chi connectivity index (χ0n) is 10.6. The number of hydrogen-bond donors (Lipinski definition) is 2. The van der Waals surface area contributed by atoms with E-state index in [1.54, 1.807) is 0 Å². The molecule has 0 saturated heterocycles. The second-order valence-corrected chi connectivity index (χ2v) is 6.55. The lowest BCUT2D eigenvalue weighted by Gasteiger charge is -2.31. The van der Waals surface area contributed by atoms with Crippen LogP contribution >= 0.6 is 0 Å². The molecule has 1 saturated carbocycles.